The Kier molecular flexibility index (Phi) is 6.89. The maximum atomic E-state index is 12.6. The van der Waals surface area contributed by atoms with Gasteiger partial charge in [-0.05, 0) is 29.5 Å². The van der Waals surface area contributed by atoms with Crippen LogP contribution in [-0.4, -0.2) is 24.4 Å². The fourth-order valence-corrected chi connectivity index (χ4v) is 3.15. The van der Waals surface area contributed by atoms with Crippen molar-refractivity contribution in [1.82, 2.24) is 4.90 Å². The second-order valence-corrected chi connectivity index (χ2v) is 5.92. The van der Waals surface area contributed by atoms with E-state index < -0.39 is 0 Å². The summed E-state index contributed by atoms with van der Waals surface area (Å²) in [6, 6.07) is 11.8. The lowest BCUT2D eigenvalue weighted by Gasteiger charge is -2.23. The van der Waals surface area contributed by atoms with Crippen LogP contribution in [-0.2, 0) is 11.3 Å². The first kappa shape index (κ1) is 17.7. The number of hydrogen-bond donors (Lipinski definition) is 1. The molecule has 1 atom stereocenters. The summed E-state index contributed by atoms with van der Waals surface area (Å²) >= 11 is 1.69. The summed E-state index contributed by atoms with van der Waals surface area (Å²) in [6.45, 7) is 3.05. The summed E-state index contributed by atoms with van der Waals surface area (Å²) < 4.78 is 0. The van der Waals surface area contributed by atoms with Crippen molar-refractivity contribution in [1.29, 1.82) is 0 Å². The summed E-state index contributed by atoms with van der Waals surface area (Å²) in [6.07, 6.45) is 0. The molecule has 2 rings (SSSR count). The smallest absolute Gasteiger partial charge is 0.231 e. The number of nitrogens with zero attached hydrogens (tertiary/aromatic N) is 1. The van der Waals surface area contributed by atoms with E-state index in [0.717, 1.165) is 5.56 Å². The minimum Gasteiger partial charge on any atom is -0.340 e. The second kappa shape index (κ2) is 8.17. The zero-order chi connectivity index (χ0) is 14.5. The van der Waals surface area contributed by atoms with E-state index >= 15 is 0 Å². The highest BCUT2D eigenvalue weighted by Gasteiger charge is 2.22. The second-order valence-electron chi connectivity index (χ2n) is 4.92. The predicted octanol–water partition coefficient (Wildman–Crippen LogP) is 3.18. The van der Waals surface area contributed by atoms with Crippen molar-refractivity contribution in [3.8, 4) is 0 Å². The van der Waals surface area contributed by atoms with Gasteiger partial charge in [0.1, 0.15) is 0 Å². The van der Waals surface area contributed by atoms with Crippen molar-refractivity contribution in [2.75, 3.05) is 13.6 Å². The van der Waals surface area contributed by atoms with Crippen LogP contribution in [0.4, 0.5) is 0 Å². The number of amides is 1. The number of carbonyl (C=O) groups is 1. The Balaban J connectivity index is 0.00000220. The third-order valence-corrected chi connectivity index (χ3v) is 4.47. The van der Waals surface area contributed by atoms with Crippen LogP contribution in [0.25, 0.3) is 0 Å². The summed E-state index contributed by atoms with van der Waals surface area (Å²) in [5, 5.41) is 2.06. The lowest BCUT2D eigenvalue weighted by Crippen LogP contribution is -2.34. The van der Waals surface area contributed by atoms with Crippen LogP contribution in [0.1, 0.15) is 21.9 Å². The summed E-state index contributed by atoms with van der Waals surface area (Å²) in [4.78, 5) is 15.6. The van der Waals surface area contributed by atoms with E-state index in [2.05, 4.69) is 18.4 Å². The molecule has 1 aromatic heterocycles. The van der Waals surface area contributed by atoms with Crippen molar-refractivity contribution in [3.05, 3.63) is 57.8 Å². The third kappa shape index (κ3) is 4.30. The van der Waals surface area contributed by atoms with E-state index in [-0.39, 0.29) is 24.2 Å². The Morgan fingerprint density at radius 1 is 1.29 bits per heavy atom. The predicted molar refractivity (Wildman–Crippen MR) is 91.0 cm³/mol. The highest BCUT2D eigenvalue weighted by Crippen LogP contribution is 2.21. The van der Waals surface area contributed by atoms with Crippen LogP contribution in [0.15, 0.2) is 41.8 Å². The Morgan fingerprint density at radius 2 is 1.95 bits per heavy atom. The van der Waals surface area contributed by atoms with Crippen LogP contribution in [0.3, 0.4) is 0 Å². The van der Waals surface area contributed by atoms with Gasteiger partial charge >= 0.3 is 0 Å². The molecule has 5 heteroatoms. The molecule has 2 aromatic rings. The number of benzene rings is 1. The molecular weight excluding hydrogens is 304 g/mol. The Labute approximate surface area is 136 Å². The lowest BCUT2D eigenvalue weighted by atomic mass is 9.98. The Morgan fingerprint density at radius 3 is 2.48 bits per heavy atom. The molecule has 0 saturated heterocycles. The fraction of sp³-hybridized carbons (Fsp3) is 0.312. The molecule has 3 nitrogen and oxygen atoms in total. The van der Waals surface area contributed by atoms with Crippen LogP contribution in [0.2, 0.25) is 0 Å². The van der Waals surface area contributed by atoms with Crippen LogP contribution in [0, 0.1) is 6.92 Å². The molecule has 0 saturated carbocycles. The first-order chi connectivity index (χ1) is 9.63. The summed E-state index contributed by atoms with van der Waals surface area (Å²) in [5.74, 6) is -0.187. The molecule has 1 unspecified atom stereocenters. The number of aryl methyl sites for hydroxylation is 1. The molecule has 0 fully saturated rings. The van der Waals surface area contributed by atoms with Gasteiger partial charge in [0.05, 0.1) is 12.5 Å². The number of nitrogens with two attached hydrogens (primary N) is 1. The van der Waals surface area contributed by atoms with Crippen LogP contribution in [0.5, 0.6) is 0 Å². The van der Waals surface area contributed by atoms with Crippen LogP contribution < -0.4 is 5.73 Å². The van der Waals surface area contributed by atoms with Crippen LogP contribution >= 0.6 is 23.7 Å². The van der Waals surface area contributed by atoms with Gasteiger partial charge in [0, 0.05) is 18.5 Å². The van der Waals surface area contributed by atoms with Gasteiger partial charge in [-0.2, -0.15) is 0 Å². The lowest BCUT2D eigenvalue weighted by molar-refractivity contribution is -0.131. The van der Waals surface area contributed by atoms with Gasteiger partial charge in [0.15, 0.2) is 0 Å². The van der Waals surface area contributed by atoms with Crippen molar-refractivity contribution in [3.63, 3.8) is 0 Å². The third-order valence-electron chi connectivity index (χ3n) is 3.46. The normalized spacial score (nSPS) is 11.6. The fourth-order valence-electron chi connectivity index (χ4n) is 2.19. The molecule has 0 bridgehead atoms. The van der Waals surface area contributed by atoms with E-state index in [9.17, 15) is 4.79 Å². The molecule has 0 aliphatic heterocycles. The van der Waals surface area contributed by atoms with Crippen molar-refractivity contribution in [2.24, 2.45) is 5.73 Å². The number of halogens is 1. The minimum absolute atomic E-state index is 0. The maximum absolute atomic E-state index is 12.6. The summed E-state index contributed by atoms with van der Waals surface area (Å²) in [5.41, 5.74) is 8.02. The maximum Gasteiger partial charge on any atom is 0.231 e. The van der Waals surface area contributed by atoms with Crippen molar-refractivity contribution < 1.29 is 4.79 Å². The molecule has 0 aliphatic rings. The first-order valence-electron chi connectivity index (χ1n) is 6.66. The Hall–Kier alpha value is -1.36. The number of thiophene rings is 1. The molecule has 0 radical (unpaired) electrons. The van der Waals surface area contributed by atoms with Gasteiger partial charge in [-0.15, -0.1) is 23.7 Å². The largest absolute Gasteiger partial charge is 0.340 e. The highest BCUT2D eigenvalue weighted by molar-refractivity contribution is 7.10. The van der Waals surface area contributed by atoms with Gasteiger partial charge in [-0.1, -0.05) is 30.3 Å². The number of carbonyl (C=O) groups excluding carboxylic acids is 1. The average Bonchev–Trinajstić information content (AvgIpc) is 2.86. The molecule has 2 N–H and O–H groups in total. The van der Waals surface area contributed by atoms with Gasteiger partial charge in [0.25, 0.3) is 0 Å². The first-order valence-corrected chi connectivity index (χ1v) is 7.54. The molecule has 1 amide bonds. The van der Waals surface area contributed by atoms with Gasteiger partial charge in [0.2, 0.25) is 5.91 Å². The van der Waals surface area contributed by atoms with E-state index in [0.29, 0.717) is 13.1 Å². The van der Waals surface area contributed by atoms with E-state index in [4.69, 9.17) is 5.73 Å². The minimum atomic E-state index is -0.263. The quantitative estimate of drug-likeness (QED) is 0.918. The van der Waals surface area contributed by atoms with Crippen molar-refractivity contribution >= 4 is 29.7 Å². The molecular formula is C16H21ClN2OS. The van der Waals surface area contributed by atoms with E-state index in [1.807, 2.05) is 37.4 Å². The number of hydrogen-bond acceptors (Lipinski definition) is 3. The zero-order valence-electron chi connectivity index (χ0n) is 12.3. The standard InChI is InChI=1S/C16H20N2OS.ClH/c1-12-8-9-20-15(12)11-18(2)16(19)14(10-17)13-6-4-3-5-7-13;/h3-9,14H,10-11,17H2,1-2H3;1H. The monoisotopic (exact) mass is 324 g/mol. The molecule has 1 heterocycles. The molecule has 0 spiro atoms. The molecule has 114 valence electrons. The van der Waals surface area contributed by atoms with Gasteiger partial charge in [-0.25, -0.2) is 0 Å². The zero-order valence-corrected chi connectivity index (χ0v) is 13.9. The van der Waals surface area contributed by atoms with Crippen molar-refractivity contribution in [2.45, 2.75) is 19.4 Å². The Bertz CT molecular complexity index is 571. The topological polar surface area (TPSA) is 46.3 Å². The molecule has 0 aliphatic carbocycles. The van der Waals surface area contributed by atoms with E-state index in [1.165, 1.54) is 10.4 Å². The number of likely N-dealkylation sites (N-methyl/N-ethyl adjacent to an activating group) is 1. The molecule has 1 aromatic carbocycles. The summed E-state index contributed by atoms with van der Waals surface area (Å²) in [7, 11) is 1.84. The molecule has 21 heavy (non-hydrogen) atoms. The van der Waals surface area contributed by atoms with Gasteiger partial charge < -0.3 is 10.6 Å². The SMILES string of the molecule is Cc1ccsc1CN(C)C(=O)C(CN)c1ccccc1.Cl. The van der Waals surface area contributed by atoms with E-state index in [1.54, 1.807) is 16.2 Å². The average molecular weight is 325 g/mol. The number of rotatable bonds is 5. The van der Waals surface area contributed by atoms with Gasteiger partial charge in [-0.3, -0.25) is 4.79 Å². The highest BCUT2D eigenvalue weighted by atomic mass is 35.5.